The van der Waals surface area contributed by atoms with Crippen LogP contribution in [0.1, 0.15) is 11.1 Å². The fraction of sp³-hybridized carbons (Fsp3) is 0.188. The van der Waals surface area contributed by atoms with Gasteiger partial charge in [0.25, 0.3) is 0 Å². The van der Waals surface area contributed by atoms with E-state index in [1.165, 1.54) is 10.3 Å². The van der Waals surface area contributed by atoms with Crippen LogP contribution < -0.4 is 10.1 Å². The van der Waals surface area contributed by atoms with Crippen LogP contribution in [0.25, 0.3) is 10.2 Å². The van der Waals surface area contributed by atoms with Crippen molar-refractivity contribution in [3.05, 3.63) is 46.5 Å². The Kier molecular flexibility index (Phi) is 3.74. The van der Waals surface area contributed by atoms with E-state index < -0.39 is 0 Å². The number of halogens is 1. The molecule has 0 saturated heterocycles. The second-order valence-electron chi connectivity index (χ2n) is 4.92. The van der Waals surface area contributed by atoms with Crippen molar-refractivity contribution in [3.8, 4) is 5.75 Å². The summed E-state index contributed by atoms with van der Waals surface area (Å²) in [5, 5.41) is 4.86. The third-order valence-corrected chi connectivity index (χ3v) is 4.61. The highest BCUT2D eigenvalue weighted by atomic mass is 35.5. The molecule has 0 radical (unpaired) electrons. The summed E-state index contributed by atoms with van der Waals surface area (Å²) >= 11 is 7.75. The molecule has 5 heteroatoms. The number of ether oxygens (including phenoxy) is 1. The van der Waals surface area contributed by atoms with Crippen LogP contribution in [0.4, 0.5) is 10.8 Å². The molecule has 21 heavy (non-hydrogen) atoms. The molecule has 2 aromatic carbocycles. The van der Waals surface area contributed by atoms with E-state index in [1.54, 1.807) is 18.4 Å². The SMILES string of the molecule is COc1cc(Cl)c(C)cc1Nc1nc2ccc(C)cc2s1. The Balaban J connectivity index is 2.00. The van der Waals surface area contributed by atoms with Gasteiger partial charge in [-0.2, -0.15) is 0 Å². The number of nitrogens with zero attached hydrogens (tertiary/aromatic N) is 1. The summed E-state index contributed by atoms with van der Waals surface area (Å²) < 4.78 is 6.55. The lowest BCUT2D eigenvalue weighted by Gasteiger charge is -2.11. The van der Waals surface area contributed by atoms with Gasteiger partial charge in [0, 0.05) is 11.1 Å². The predicted molar refractivity (Wildman–Crippen MR) is 90.4 cm³/mol. The van der Waals surface area contributed by atoms with Gasteiger partial charge in [0.15, 0.2) is 5.13 Å². The maximum atomic E-state index is 6.13. The molecule has 0 spiro atoms. The molecule has 0 aliphatic carbocycles. The Morgan fingerprint density at radius 1 is 1.19 bits per heavy atom. The van der Waals surface area contributed by atoms with Gasteiger partial charge in [-0.1, -0.05) is 29.0 Å². The van der Waals surface area contributed by atoms with Gasteiger partial charge in [-0.3, -0.25) is 0 Å². The zero-order chi connectivity index (χ0) is 15.0. The number of aryl methyl sites for hydroxylation is 2. The molecule has 0 unspecified atom stereocenters. The monoisotopic (exact) mass is 318 g/mol. The number of methoxy groups -OCH3 is 1. The standard InChI is InChI=1S/C16H15ClN2OS/c1-9-4-5-12-15(6-9)21-16(18-12)19-13-7-10(2)11(17)8-14(13)20-3/h4-8H,1-3H3,(H,18,19). The molecule has 0 aliphatic heterocycles. The fourth-order valence-corrected chi connectivity index (χ4v) is 3.26. The average Bonchev–Trinajstić information content (AvgIpc) is 2.84. The first-order valence-corrected chi connectivity index (χ1v) is 7.74. The Hall–Kier alpha value is -1.78. The van der Waals surface area contributed by atoms with Gasteiger partial charge in [0.1, 0.15) is 5.75 Å². The first-order valence-electron chi connectivity index (χ1n) is 6.55. The molecule has 1 heterocycles. The molecular formula is C16H15ClN2OS. The number of rotatable bonds is 3. The third-order valence-electron chi connectivity index (χ3n) is 3.27. The van der Waals surface area contributed by atoms with Crippen LogP contribution in [0.5, 0.6) is 5.75 Å². The van der Waals surface area contributed by atoms with Crippen LogP contribution in [-0.2, 0) is 0 Å². The Labute approximate surface area is 132 Å². The lowest BCUT2D eigenvalue weighted by molar-refractivity contribution is 0.417. The molecule has 108 valence electrons. The molecule has 0 saturated carbocycles. The summed E-state index contributed by atoms with van der Waals surface area (Å²) in [6.45, 7) is 4.05. The highest BCUT2D eigenvalue weighted by Gasteiger charge is 2.10. The number of anilines is 2. The van der Waals surface area contributed by atoms with Crippen molar-refractivity contribution in [2.45, 2.75) is 13.8 Å². The minimum atomic E-state index is 0.692. The van der Waals surface area contributed by atoms with Crippen molar-refractivity contribution < 1.29 is 4.74 Å². The molecule has 1 N–H and O–H groups in total. The van der Waals surface area contributed by atoms with Gasteiger partial charge >= 0.3 is 0 Å². The van der Waals surface area contributed by atoms with E-state index in [9.17, 15) is 0 Å². The van der Waals surface area contributed by atoms with Gasteiger partial charge in [-0.15, -0.1) is 0 Å². The summed E-state index contributed by atoms with van der Waals surface area (Å²) in [5.74, 6) is 0.709. The molecule has 0 bridgehead atoms. The molecule has 3 nitrogen and oxygen atoms in total. The van der Waals surface area contributed by atoms with Crippen LogP contribution in [0, 0.1) is 13.8 Å². The number of hydrogen-bond acceptors (Lipinski definition) is 4. The van der Waals surface area contributed by atoms with Gasteiger partial charge < -0.3 is 10.1 Å². The molecule has 3 rings (SSSR count). The van der Waals surface area contributed by atoms with Gasteiger partial charge in [0.05, 0.1) is 23.0 Å². The number of benzene rings is 2. The number of nitrogens with one attached hydrogen (secondary N) is 1. The lowest BCUT2D eigenvalue weighted by Crippen LogP contribution is -1.95. The van der Waals surface area contributed by atoms with Crippen LogP contribution in [0.3, 0.4) is 0 Å². The summed E-state index contributed by atoms with van der Waals surface area (Å²) in [6, 6.07) is 10.0. The number of aromatic nitrogens is 1. The smallest absolute Gasteiger partial charge is 0.188 e. The van der Waals surface area contributed by atoms with Gasteiger partial charge in [-0.25, -0.2) is 4.98 Å². The van der Waals surface area contributed by atoms with E-state index in [0.29, 0.717) is 10.8 Å². The maximum absolute atomic E-state index is 6.13. The molecule has 3 aromatic rings. The van der Waals surface area contributed by atoms with Crippen molar-refractivity contribution in [2.24, 2.45) is 0 Å². The zero-order valence-electron chi connectivity index (χ0n) is 12.0. The molecule has 0 fully saturated rings. The minimum absolute atomic E-state index is 0.692. The van der Waals surface area contributed by atoms with Crippen LogP contribution in [-0.4, -0.2) is 12.1 Å². The number of thiazole rings is 1. The highest BCUT2D eigenvalue weighted by Crippen LogP contribution is 2.35. The van der Waals surface area contributed by atoms with E-state index in [4.69, 9.17) is 16.3 Å². The lowest BCUT2D eigenvalue weighted by atomic mass is 10.2. The van der Waals surface area contributed by atoms with Crippen LogP contribution in [0.15, 0.2) is 30.3 Å². The summed E-state index contributed by atoms with van der Waals surface area (Å²) in [7, 11) is 1.63. The minimum Gasteiger partial charge on any atom is -0.495 e. The molecular weight excluding hydrogens is 304 g/mol. The maximum Gasteiger partial charge on any atom is 0.188 e. The van der Waals surface area contributed by atoms with Crippen LogP contribution in [0.2, 0.25) is 5.02 Å². The van der Waals surface area contributed by atoms with E-state index in [-0.39, 0.29) is 0 Å². The average molecular weight is 319 g/mol. The topological polar surface area (TPSA) is 34.1 Å². The van der Waals surface area contributed by atoms with E-state index in [0.717, 1.165) is 21.9 Å². The summed E-state index contributed by atoms with van der Waals surface area (Å²) in [4.78, 5) is 4.60. The Morgan fingerprint density at radius 3 is 2.76 bits per heavy atom. The quantitative estimate of drug-likeness (QED) is 0.709. The van der Waals surface area contributed by atoms with Crippen molar-refractivity contribution in [2.75, 3.05) is 12.4 Å². The molecule has 0 aliphatic rings. The highest BCUT2D eigenvalue weighted by molar-refractivity contribution is 7.22. The van der Waals surface area contributed by atoms with Gasteiger partial charge in [0.2, 0.25) is 0 Å². The largest absolute Gasteiger partial charge is 0.495 e. The first-order chi connectivity index (χ1) is 10.1. The molecule has 1 aromatic heterocycles. The number of fused-ring (bicyclic) bond motifs is 1. The van der Waals surface area contributed by atoms with E-state index in [2.05, 4.69) is 29.4 Å². The Bertz CT molecular complexity index is 813. The van der Waals surface area contributed by atoms with Crippen molar-refractivity contribution in [1.82, 2.24) is 4.98 Å². The summed E-state index contributed by atoms with van der Waals surface area (Å²) in [6.07, 6.45) is 0. The van der Waals surface area contributed by atoms with E-state index in [1.807, 2.05) is 25.1 Å². The van der Waals surface area contributed by atoms with Crippen LogP contribution >= 0.6 is 22.9 Å². The second-order valence-corrected chi connectivity index (χ2v) is 6.35. The summed E-state index contributed by atoms with van der Waals surface area (Å²) in [5.41, 5.74) is 4.10. The first kappa shape index (κ1) is 14.2. The molecule has 0 atom stereocenters. The van der Waals surface area contributed by atoms with E-state index >= 15 is 0 Å². The third kappa shape index (κ3) is 2.82. The zero-order valence-corrected chi connectivity index (χ0v) is 13.6. The van der Waals surface area contributed by atoms with Crippen molar-refractivity contribution in [1.29, 1.82) is 0 Å². The van der Waals surface area contributed by atoms with Crippen molar-refractivity contribution in [3.63, 3.8) is 0 Å². The predicted octanol–water partition coefficient (Wildman–Crippen LogP) is 5.32. The van der Waals surface area contributed by atoms with Gasteiger partial charge in [-0.05, 0) is 43.2 Å². The van der Waals surface area contributed by atoms with Crippen molar-refractivity contribution >= 4 is 44.0 Å². The Morgan fingerprint density at radius 2 is 2.00 bits per heavy atom. The second kappa shape index (κ2) is 5.54. The normalized spacial score (nSPS) is 10.9. The number of hydrogen-bond donors (Lipinski definition) is 1. The molecule has 0 amide bonds. The fourth-order valence-electron chi connectivity index (χ4n) is 2.13.